The molecule has 0 aliphatic carbocycles. The maximum atomic E-state index is 6.49. The normalized spacial score (nSPS) is 21.1. The van der Waals surface area contributed by atoms with Crippen LogP contribution < -0.4 is 5.48 Å². The summed E-state index contributed by atoms with van der Waals surface area (Å²) in [5.41, 5.74) is 3.31. The Morgan fingerprint density at radius 3 is 1.87 bits per heavy atom. The van der Waals surface area contributed by atoms with E-state index in [0.29, 0.717) is 11.8 Å². The maximum Gasteiger partial charge on any atom is 0.517 e. The van der Waals surface area contributed by atoms with Crippen molar-refractivity contribution in [3.8, 4) is 0 Å². The third-order valence-corrected chi connectivity index (χ3v) is 11.6. The zero-order valence-corrected chi connectivity index (χ0v) is 28.5. The summed E-state index contributed by atoms with van der Waals surface area (Å²) in [5.74, 6) is 2.09. The highest BCUT2D eigenvalue weighted by Gasteiger charge is 2.43. The Bertz CT molecular complexity index is 503. The molecule has 1 rings (SSSR count). The van der Waals surface area contributed by atoms with E-state index in [-0.39, 0.29) is 0 Å². The fourth-order valence-corrected chi connectivity index (χ4v) is 8.59. The fraction of sp³-hybridized carbons (Fsp3) is 1.00. The van der Waals surface area contributed by atoms with Crippen LogP contribution in [0.4, 0.5) is 0 Å². The van der Waals surface area contributed by atoms with Crippen LogP contribution in [0.2, 0.25) is 6.04 Å². The third kappa shape index (κ3) is 20.9. The number of nitrogens with one attached hydrogen (secondary N) is 1. The van der Waals surface area contributed by atoms with Crippen molar-refractivity contribution in [3.63, 3.8) is 0 Å². The highest BCUT2D eigenvalue weighted by Crippen LogP contribution is 2.25. The monoisotopic (exact) mass is 587 g/mol. The average Bonchev–Trinajstić information content (AvgIpc) is 2.94. The summed E-state index contributed by atoms with van der Waals surface area (Å²) >= 11 is 4.43. The molecular formula is C33H69NO3SSi. The van der Waals surface area contributed by atoms with Gasteiger partial charge in [-0.05, 0) is 43.3 Å². The quantitative estimate of drug-likeness (QED) is 0.0569. The summed E-state index contributed by atoms with van der Waals surface area (Å²) in [6.45, 7) is 9.29. The van der Waals surface area contributed by atoms with Gasteiger partial charge in [0.15, 0.2) is 0 Å². The Morgan fingerprint density at radius 1 is 0.769 bits per heavy atom. The molecule has 0 spiro atoms. The molecule has 0 aromatic heterocycles. The molecule has 39 heavy (non-hydrogen) atoms. The van der Waals surface area contributed by atoms with Gasteiger partial charge >= 0.3 is 8.80 Å². The van der Waals surface area contributed by atoms with Gasteiger partial charge in [0, 0.05) is 25.8 Å². The van der Waals surface area contributed by atoms with Crippen LogP contribution in [-0.4, -0.2) is 34.3 Å². The van der Waals surface area contributed by atoms with Crippen LogP contribution in [0.5, 0.6) is 0 Å². The smallest absolute Gasteiger partial charge is 0.373 e. The van der Waals surface area contributed by atoms with Crippen molar-refractivity contribution in [3.05, 3.63) is 0 Å². The lowest BCUT2D eigenvalue weighted by Gasteiger charge is -2.34. The molecule has 0 bridgehead atoms. The molecule has 1 fully saturated rings. The summed E-state index contributed by atoms with van der Waals surface area (Å²) < 4.78 is 19.2. The van der Waals surface area contributed by atoms with Gasteiger partial charge in [0.25, 0.3) is 0 Å². The van der Waals surface area contributed by atoms with Gasteiger partial charge in [-0.2, -0.15) is 12.6 Å². The molecule has 6 heteroatoms. The van der Waals surface area contributed by atoms with Crippen LogP contribution in [0.3, 0.4) is 0 Å². The van der Waals surface area contributed by atoms with E-state index in [1.807, 2.05) is 0 Å². The second-order valence-electron chi connectivity index (χ2n) is 12.3. The number of thiol groups is 1. The average molecular weight is 588 g/mol. The van der Waals surface area contributed by atoms with E-state index in [4.69, 9.17) is 13.4 Å². The van der Waals surface area contributed by atoms with Crippen LogP contribution in [0, 0.1) is 11.8 Å². The van der Waals surface area contributed by atoms with E-state index in [0.717, 1.165) is 50.8 Å². The summed E-state index contributed by atoms with van der Waals surface area (Å²) in [5, 5.41) is 0. The SMILES string of the molecule is CCCCCCCCCCCCCCCCCCC1CCO[Si](CCCS)(OCC(CC)CCCC)ONC1. The first-order chi connectivity index (χ1) is 19.2. The minimum Gasteiger partial charge on any atom is -0.373 e. The largest absolute Gasteiger partial charge is 0.517 e. The van der Waals surface area contributed by atoms with E-state index in [1.165, 1.54) is 128 Å². The molecule has 0 amide bonds. The van der Waals surface area contributed by atoms with Gasteiger partial charge in [-0.3, -0.25) is 4.53 Å². The van der Waals surface area contributed by atoms with Crippen molar-refractivity contribution in [1.82, 2.24) is 5.48 Å². The molecule has 4 nitrogen and oxygen atoms in total. The molecule has 1 aliphatic rings. The molecule has 1 saturated heterocycles. The summed E-state index contributed by atoms with van der Waals surface area (Å²) in [4.78, 5) is 0. The molecular weight excluding hydrogens is 519 g/mol. The zero-order chi connectivity index (χ0) is 28.3. The molecule has 234 valence electrons. The summed E-state index contributed by atoms with van der Waals surface area (Å²) in [6.07, 6.45) is 31.1. The van der Waals surface area contributed by atoms with Crippen LogP contribution >= 0.6 is 12.6 Å². The lowest BCUT2D eigenvalue weighted by Crippen LogP contribution is -2.52. The lowest BCUT2D eigenvalue weighted by molar-refractivity contribution is -0.0107. The molecule has 0 aromatic carbocycles. The number of rotatable bonds is 27. The fourth-order valence-electron chi connectivity index (χ4n) is 5.71. The van der Waals surface area contributed by atoms with Gasteiger partial charge in [-0.1, -0.05) is 143 Å². The van der Waals surface area contributed by atoms with Gasteiger partial charge < -0.3 is 8.85 Å². The van der Waals surface area contributed by atoms with Crippen molar-refractivity contribution in [1.29, 1.82) is 0 Å². The second kappa shape index (κ2) is 27.3. The van der Waals surface area contributed by atoms with Crippen molar-refractivity contribution in [2.24, 2.45) is 11.8 Å². The Balaban J connectivity index is 2.09. The van der Waals surface area contributed by atoms with Crippen molar-refractivity contribution in [2.75, 3.05) is 25.5 Å². The molecule has 1 aliphatic heterocycles. The van der Waals surface area contributed by atoms with Crippen LogP contribution in [-0.2, 0) is 13.4 Å². The molecule has 1 heterocycles. The van der Waals surface area contributed by atoms with Gasteiger partial charge in [0.2, 0.25) is 0 Å². The molecule has 0 aromatic rings. The summed E-state index contributed by atoms with van der Waals surface area (Å²) in [6, 6.07) is 0.859. The van der Waals surface area contributed by atoms with Gasteiger partial charge in [0.1, 0.15) is 0 Å². The topological polar surface area (TPSA) is 39.7 Å². The highest BCUT2D eigenvalue weighted by atomic mass is 32.1. The van der Waals surface area contributed by atoms with E-state index in [9.17, 15) is 0 Å². The number of hydrogen-bond acceptors (Lipinski definition) is 5. The Labute approximate surface area is 251 Å². The van der Waals surface area contributed by atoms with Crippen LogP contribution in [0.25, 0.3) is 0 Å². The number of unbranched alkanes of at least 4 members (excludes halogenated alkanes) is 16. The van der Waals surface area contributed by atoms with Gasteiger partial charge in [0.05, 0.1) is 0 Å². The third-order valence-electron chi connectivity index (χ3n) is 8.64. The standard InChI is InChI=1S/C33H69NO3SSi/c1-4-7-9-10-11-12-13-14-15-16-17-18-19-20-21-22-25-33-26-27-35-39(29-23-28-38,37-34-30-33)36-31-32(6-3)24-8-5-2/h32-34,38H,4-31H2,1-3H3. The van der Waals surface area contributed by atoms with E-state index in [1.54, 1.807) is 0 Å². The van der Waals surface area contributed by atoms with E-state index >= 15 is 0 Å². The Hall–Kier alpha value is 0.407. The Morgan fingerprint density at radius 2 is 1.33 bits per heavy atom. The first kappa shape index (κ1) is 37.4. The number of hydroxylamine groups is 1. The van der Waals surface area contributed by atoms with E-state index < -0.39 is 8.80 Å². The molecule has 3 unspecified atom stereocenters. The highest BCUT2D eigenvalue weighted by molar-refractivity contribution is 7.80. The van der Waals surface area contributed by atoms with Crippen LogP contribution in [0.1, 0.15) is 168 Å². The minimum absolute atomic E-state index is 0.602. The van der Waals surface area contributed by atoms with Gasteiger partial charge in [-0.15, -0.1) is 0 Å². The predicted octanol–water partition coefficient (Wildman–Crippen LogP) is 10.7. The maximum absolute atomic E-state index is 6.49. The zero-order valence-electron chi connectivity index (χ0n) is 26.6. The van der Waals surface area contributed by atoms with E-state index in [2.05, 4.69) is 38.9 Å². The molecule has 0 radical (unpaired) electrons. The summed E-state index contributed by atoms with van der Waals surface area (Å²) in [7, 11) is -2.67. The predicted molar refractivity (Wildman–Crippen MR) is 176 cm³/mol. The molecule has 3 atom stereocenters. The Kier molecular flexibility index (Phi) is 26.2. The first-order valence-electron chi connectivity index (χ1n) is 17.5. The molecule has 1 N–H and O–H groups in total. The van der Waals surface area contributed by atoms with Crippen LogP contribution in [0.15, 0.2) is 0 Å². The lowest BCUT2D eigenvalue weighted by atomic mass is 9.97. The minimum atomic E-state index is -2.67. The van der Waals surface area contributed by atoms with Gasteiger partial charge in [-0.25, -0.2) is 5.48 Å². The van der Waals surface area contributed by atoms with Crippen molar-refractivity contribution in [2.45, 2.75) is 174 Å². The first-order valence-corrected chi connectivity index (χ1v) is 20.1. The second-order valence-corrected chi connectivity index (χ2v) is 15.4. The molecule has 0 saturated carbocycles. The number of hydrogen-bond donors (Lipinski definition) is 2. The van der Waals surface area contributed by atoms with Crippen molar-refractivity contribution < 1.29 is 13.4 Å². The van der Waals surface area contributed by atoms with Crippen molar-refractivity contribution >= 4 is 21.4 Å².